The molecule has 0 bridgehead atoms. The van der Waals surface area contributed by atoms with Crippen LogP contribution in [0.2, 0.25) is 0 Å². The number of ether oxygens (including phenoxy) is 2. The zero-order chi connectivity index (χ0) is 27.6. The topological polar surface area (TPSA) is 113 Å². The number of hydrogen-bond acceptors (Lipinski definition) is 7. The first-order valence-corrected chi connectivity index (χ1v) is 12.2. The van der Waals surface area contributed by atoms with E-state index in [0.717, 1.165) is 0 Å². The van der Waals surface area contributed by atoms with Gasteiger partial charge >= 0.3 is 5.97 Å². The molecule has 0 aliphatic carbocycles. The minimum Gasteiger partial charge on any atom is -0.508 e. The van der Waals surface area contributed by atoms with Gasteiger partial charge < -0.3 is 19.7 Å². The van der Waals surface area contributed by atoms with Gasteiger partial charge in [0, 0.05) is 11.3 Å². The Labute approximate surface area is 220 Å². The number of rotatable bonds is 7. The van der Waals surface area contributed by atoms with Crippen LogP contribution in [0.25, 0.3) is 5.76 Å². The maximum Gasteiger partial charge on any atom is 0.338 e. The van der Waals surface area contributed by atoms with E-state index in [1.165, 1.54) is 23.1 Å². The number of anilines is 1. The smallest absolute Gasteiger partial charge is 0.338 e. The number of carbonyl (C=O) groups excluding carboxylic acids is 3. The van der Waals surface area contributed by atoms with Gasteiger partial charge in [0.15, 0.2) is 0 Å². The number of hydrogen-bond donors (Lipinski definition) is 2. The average Bonchev–Trinajstić information content (AvgIpc) is 3.14. The Morgan fingerprint density at radius 1 is 0.868 bits per heavy atom. The lowest BCUT2D eigenvalue weighted by atomic mass is 9.95. The normalized spacial score (nSPS) is 16.8. The molecule has 2 N–H and O–H groups in total. The van der Waals surface area contributed by atoms with Crippen LogP contribution in [0.5, 0.6) is 11.5 Å². The Balaban J connectivity index is 1.84. The zero-order valence-electron chi connectivity index (χ0n) is 21.5. The summed E-state index contributed by atoms with van der Waals surface area (Å²) in [7, 11) is 0. The molecule has 8 nitrogen and oxygen atoms in total. The fourth-order valence-corrected chi connectivity index (χ4v) is 4.25. The molecular weight excluding hydrogens is 486 g/mol. The summed E-state index contributed by atoms with van der Waals surface area (Å²) in [6.07, 6.45) is -0.377. The molecule has 0 aromatic heterocycles. The molecule has 1 fully saturated rings. The number of esters is 1. The molecule has 3 aromatic rings. The predicted octanol–water partition coefficient (Wildman–Crippen LogP) is 5.37. The molecule has 38 heavy (non-hydrogen) atoms. The second-order valence-electron chi connectivity index (χ2n) is 9.46. The standard InChI is InChI=1S/C30H29NO7/c1-17(2)37-24-14-10-20(11-15-24)27(33)25-26(19-8-12-23(32)13-9-19)31(29(35)28(25)34)22-7-5-6-21(16-22)30(36)38-18(3)4/h5-18,26,32-33H,1-4H3/b27-25+. The van der Waals surface area contributed by atoms with Crippen molar-refractivity contribution in [3.63, 3.8) is 0 Å². The number of aromatic hydroxyl groups is 1. The maximum atomic E-state index is 13.4. The van der Waals surface area contributed by atoms with Gasteiger partial charge in [-0.1, -0.05) is 18.2 Å². The maximum absolute atomic E-state index is 13.4. The van der Waals surface area contributed by atoms with Crippen LogP contribution in [-0.2, 0) is 14.3 Å². The molecule has 0 radical (unpaired) electrons. The highest BCUT2D eigenvalue weighted by atomic mass is 16.5. The van der Waals surface area contributed by atoms with E-state index in [2.05, 4.69) is 0 Å². The third-order valence-electron chi connectivity index (χ3n) is 5.86. The number of phenolic OH excluding ortho intramolecular Hbond substituents is 1. The molecule has 8 heteroatoms. The van der Waals surface area contributed by atoms with Crippen LogP contribution < -0.4 is 9.64 Å². The van der Waals surface area contributed by atoms with Crippen LogP contribution in [0.1, 0.15) is 55.2 Å². The molecule has 4 rings (SSSR count). The third-order valence-corrected chi connectivity index (χ3v) is 5.86. The number of aliphatic hydroxyl groups is 1. The summed E-state index contributed by atoms with van der Waals surface area (Å²) >= 11 is 0. The van der Waals surface area contributed by atoms with E-state index in [4.69, 9.17) is 9.47 Å². The van der Waals surface area contributed by atoms with Gasteiger partial charge in [-0.05, 0) is 87.9 Å². The number of amides is 1. The van der Waals surface area contributed by atoms with Crippen molar-refractivity contribution in [1.29, 1.82) is 0 Å². The molecule has 3 aromatic carbocycles. The van der Waals surface area contributed by atoms with Crippen molar-refractivity contribution in [3.05, 3.63) is 95.1 Å². The van der Waals surface area contributed by atoms with Crippen molar-refractivity contribution in [2.45, 2.75) is 45.9 Å². The molecule has 1 heterocycles. The molecule has 0 saturated carbocycles. The number of benzene rings is 3. The Kier molecular flexibility index (Phi) is 7.52. The summed E-state index contributed by atoms with van der Waals surface area (Å²) in [5, 5.41) is 21.1. The highest BCUT2D eigenvalue weighted by Gasteiger charge is 2.47. The van der Waals surface area contributed by atoms with Crippen molar-refractivity contribution in [1.82, 2.24) is 0 Å². The van der Waals surface area contributed by atoms with Gasteiger partial charge in [0.25, 0.3) is 11.7 Å². The first-order chi connectivity index (χ1) is 18.1. The van der Waals surface area contributed by atoms with E-state index in [1.54, 1.807) is 68.4 Å². The van der Waals surface area contributed by atoms with E-state index in [9.17, 15) is 24.6 Å². The fourth-order valence-electron chi connectivity index (χ4n) is 4.25. The SMILES string of the molecule is CC(C)OC(=O)c1cccc(N2C(=O)C(=O)/C(=C(/O)c3ccc(OC(C)C)cc3)C2c2ccc(O)cc2)c1. The second kappa shape index (κ2) is 10.8. The lowest BCUT2D eigenvalue weighted by molar-refractivity contribution is -0.132. The first kappa shape index (κ1) is 26.5. The van der Waals surface area contributed by atoms with Crippen LogP contribution in [0, 0.1) is 0 Å². The Morgan fingerprint density at radius 2 is 1.53 bits per heavy atom. The van der Waals surface area contributed by atoms with Gasteiger partial charge in [-0.3, -0.25) is 14.5 Å². The number of aliphatic hydroxyl groups excluding tert-OH is 1. The van der Waals surface area contributed by atoms with E-state index in [0.29, 0.717) is 16.9 Å². The van der Waals surface area contributed by atoms with Crippen LogP contribution in [0.3, 0.4) is 0 Å². The van der Waals surface area contributed by atoms with Crippen molar-refractivity contribution in [2.24, 2.45) is 0 Å². The number of phenols is 1. The van der Waals surface area contributed by atoms with Gasteiger partial charge in [0.1, 0.15) is 17.3 Å². The molecule has 196 valence electrons. The number of nitrogens with zero attached hydrogens (tertiary/aromatic N) is 1. The highest BCUT2D eigenvalue weighted by Crippen LogP contribution is 2.42. The Morgan fingerprint density at radius 3 is 2.13 bits per heavy atom. The summed E-state index contributed by atoms with van der Waals surface area (Å²) in [4.78, 5) is 40.5. The van der Waals surface area contributed by atoms with Crippen molar-refractivity contribution in [3.8, 4) is 11.5 Å². The summed E-state index contributed by atoms with van der Waals surface area (Å²) in [5.74, 6) is -2.06. The Bertz CT molecular complexity index is 1390. The van der Waals surface area contributed by atoms with Gasteiger partial charge in [-0.25, -0.2) is 4.79 Å². The predicted molar refractivity (Wildman–Crippen MR) is 142 cm³/mol. The van der Waals surface area contributed by atoms with Gasteiger partial charge in [-0.2, -0.15) is 0 Å². The highest BCUT2D eigenvalue weighted by molar-refractivity contribution is 6.51. The van der Waals surface area contributed by atoms with E-state index in [-0.39, 0.29) is 40.5 Å². The van der Waals surface area contributed by atoms with E-state index >= 15 is 0 Å². The minimum atomic E-state index is -1.02. The molecule has 1 unspecified atom stereocenters. The van der Waals surface area contributed by atoms with E-state index < -0.39 is 23.7 Å². The molecular formula is C30H29NO7. The molecule has 1 aliphatic rings. The van der Waals surface area contributed by atoms with Crippen LogP contribution in [0.4, 0.5) is 5.69 Å². The van der Waals surface area contributed by atoms with Gasteiger partial charge in [0.05, 0.1) is 29.4 Å². The summed E-state index contributed by atoms with van der Waals surface area (Å²) in [5.41, 5.74) is 1.19. The first-order valence-electron chi connectivity index (χ1n) is 12.2. The largest absolute Gasteiger partial charge is 0.508 e. The fraction of sp³-hybridized carbons (Fsp3) is 0.233. The monoisotopic (exact) mass is 515 g/mol. The summed E-state index contributed by atoms with van der Waals surface area (Å²) in [6, 6.07) is 17.8. The molecule has 1 atom stereocenters. The van der Waals surface area contributed by atoms with E-state index in [1.807, 2.05) is 13.8 Å². The van der Waals surface area contributed by atoms with Crippen LogP contribution >= 0.6 is 0 Å². The molecule has 1 amide bonds. The third kappa shape index (κ3) is 5.39. The van der Waals surface area contributed by atoms with Gasteiger partial charge in [0.2, 0.25) is 0 Å². The number of Topliss-reactive ketones (excluding diaryl/α,β-unsaturated/α-hetero) is 1. The number of carbonyl (C=O) groups is 3. The molecule has 0 spiro atoms. The molecule has 1 aliphatic heterocycles. The van der Waals surface area contributed by atoms with Gasteiger partial charge in [-0.15, -0.1) is 0 Å². The lowest BCUT2D eigenvalue weighted by Crippen LogP contribution is -2.29. The summed E-state index contributed by atoms with van der Waals surface area (Å²) < 4.78 is 10.9. The quantitative estimate of drug-likeness (QED) is 0.188. The number of ketones is 1. The average molecular weight is 516 g/mol. The van der Waals surface area contributed by atoms with Crippen LogP contribution in [0.15, 0.2) is 78.4 Å². The summed E-state index contributed by atoms with van der Waals surface area (Å²) in [6.45, 7) is 7.24. The van der Waals surface area contributed by atoms with Crippen molar-refractivity contribution >= 4 is 29.1 Å². The zero-order valence-corrected chi connectivity index (χ0v) is 21.5. The molecule has 1 saturated heterocycles. The minimum absolute atomic E-state index is 0.00451. The van der Waals surface area contributed by atoms with Crippen molar-refractivity contribution < 1.29 is 34.1 Å². The lowest BCUT2D eigenvalue weighted by Gasteiger charge is -2.26. The second-order valence-corrected chi connectivity index (χ2v) is 9.46. The van der Waals surface area contributed by atoms with Crippen LogP contribution in [-0.4, -0.2) is 40.1 Å². The Hall–Kier alpha value is -4.59. The van der Waals surface area contributed by atoms with Crippen molar-refractivity contribution in [2.75, 3.05) is 4.90 Å².